The number of sulfonamides is 1. The third kappa shape index (κ3) is 3.80. The van der Waals surface area contributed by atoms with Gasteiger partial charge >= 0.3 is 0 Å². The molecule has 1 amide bonds. The molecule has 4 rings (SSSR count). The summed E-state index contributed by atoms with van der Waals surface area (Å²) in [5.74, 6) is 1.12. The number of hydrogen-bond acceptors (Lipinski definition) is 5. The summed E-state index contributed by atoms with van der Waals surface area (Å²) < 4.78 is 38.9. The van der Waals surface area contributed by atoms with Crippen LogP contribution in [0.1, 0.15) is 6.42 Å². The second kappa shape index (κ2) is 7.14. The summed E-state index contributed by atoms with van der Waals surface area (Å²) in [7, 11) is -3.61. The maximum absolute atomic E-state index is 12.4. The lowest BCUT2D eigenvalue weighted by molar-refractivity contribution is -0.117. The molecule has 0 bridgehead atoms. The molecular formula is C18H17BrN2O5S. The monoisotopic (exact) mass is 452 g/mol. The molecule has 0 saturated carbocycles. The van der Waals surface area contributed by atoms with Gasteiger partial charge in [-0.2, -0.15) is 0 Å². The Morgan fingerprint density at radius 3 is 2.63 bits per heavy atom. The van der Waals surface area contributed by atoms with Crippen LogP contribution in [0.4, 0.5) is 5.69 Å². The van der Waals surface area contributed by atoms with Crippen molar-refractivity contribution in [2.75, 3.05) is 24.8 Å². The second-order valence-electron chi connectivity index (χ2n) is 6.42. The van der Waals surface area contributed by atoms with E-state index >= 15 is 0 Å². The maximum Gasteiger partial charge on any atom is 0.240 e. The highest BCUT2D eigenvalue weighted by molar-refractivity contribution is 9.10. The van der Waals surface area contributed by atoms with Gasteiger partial charge in [-0.15, -0.1) is 0 Å². The van der Waals surface area contributed by atoms with Crippen LogP contribution in [0.5, 0.6) is 11.5 Å². The molecule has 1 fully saturated rings. The number of halogens is 1. The van der Waals surface area contributed by atoms with Crippen LogP contribution in [0.3, 0.4) is 0 Å². The second-order valence-corrected chi connectivity index (χ2v) is 9.10. The molecule has 1 atom stereocenters. The molecule has 2 aromatic carbocycles. The predicted molar refractivity (Wildman–Crippen MR) is 102 cm³/mol. The van der Waals surface area contributed by atoms with Crippen LogP contribution in [0.15, 0.2) is 51.8 Å². The molecule has 0 spiro atoms. The highest BCUT2D eigenvalue weighted by Gasteiger charge is 2.32. The van der Waals surface area contributed by atoms with E-state index < -0.39 is 10.0 Å². The normalized spacial score (nSPS) is 18.9. The molecule has 2 aromatic rings. The number of rotatable bonds is 5. The molecule has 142 valence electrons. The van der Waals surface area contributed by atoms with Crippen molar-refractivity contribution < 1.29 is 22.7 Å². The van der Waals surface area contributed by atoms with Crippen molar-refractivity contribution in [3.8, 4) is 11.5 Å². The molecule has 7 nitrogen and oxygen atoms in total. The number of benzene rings is 2. The van der Waals surface area contributed by atoms with E-state index in [-0.39, 0.29) is 36.5 Å². The molecule has 2 aliphatic rings. The number of amides is 1. The van der Waals surface area contributed by atoms with Crippen molar-refractivity contribution in [1.29, 1.82) is 0 Å². The first-order valence-corrected chi connectivity index (χ1v) is 10.7. The molecule has 2 heterocycles. The minimum absolute atomic E-state index is 0.0401. The largest absolute Gasteiger partial charge is 0.454 e. The molecule has 2 aliphatic heterocycles. The predicted octanol–water partition coefficient (Wildman–Crippen LogP) is 2.51. The van der Waals surface area contributed by atoms with E-state index in [9.17, 15) is 13.2 Å². The van der Waals surface area contributed by atoms with Crippen molar-refractivity contribution in [2.24, 2.45) is 5.92 Å². The van der Waals surface area contributed by atoms with Crippen LogP contribution < -0.4 is 19.1 Å². The lowest BCUT2D eigenvalue weighted by Crippen LogP contribution is -2.31. The van der Waals surface area contributed by atoms with Crippen LogP contribution >= 0.6 is 15.9 Å². The fourth-order valence-corrected chi connectivity index (χ4v) is 4.53. The first-order chi connectivity index (χ1) is 12.9. The van der Waals surface area contributed by atoms with Crippen molar-refractivity contribution in [3.63, 3.8) is 0 Å². The summed E-state index contributed by atoms with van der Waals surface area (Å²) in [4.78, 5) is 14.2. The third-order valence-electron chi connectivity index (χ3n) is 4.56. The quantitative estimate of drug-likeness (QED) is 0.752. The Morgan fingerprint density at radius 1 is 1.11 bits per heavy atom. The van der Waals surface area contributed by atoms with Gasteiger partial charge in [0.2, 0.25) is 22.7 Å². The van der Waals surface area contributed by atoms with Gasteiger partial charge < -0.3 is 14.4 Å². The molecule has 0 aromatic heterocycles. The van der Waals surface area contributed by atoms with Gasteiger partial charge in [-0.05, 0) is 42.3 Å². The van der Waals surface area contributed by atoms with Crippen LogP contribution in [-0.4, -0.2) is 34.2 Å². The molecular weight excluding hydrogens is 436 g/mol. The van der Waals surface area contributed by atoms with Gasteiger partial charge in [-0.25, -0.2) is 13.1 Å². The lowest BCUT2D eigenvalue weighted by atomic mass is 10.1. The van der Waals surface area contributed by atoms with E-state index in [2.05, 4.69) is 20.7 Å². The molecule has 0 radical (unpaired) electrons. The number of carbonyl (C=O) groups is 1. The summed E-state index contributed by atoms with van der Waals surface area (Å²) in [6.07, 6.45) is 0.289. The third-order valence-corrected chi connectivity index (χ3v) is 6.53. The van der Waals surface area contributed by atoms with Gasteiger partial charge in [-0.1, -0.05) is 15.9 Å². The van der Waals surface area contributed by atoms with Crippen molar-refractivity contribution in [1.82, 2.24) is 4.72 Å². The van der Waals surface area contributed by atoms with Gasteiger partial charge in [0.25, 0.3) is 0 Å². The van der Waals surface area contributed by atoms with Crippen molar-refractivity contribution >= 4 is 37.5 Å². The lowest BCUT2D eigenvalue weighted by Gasteiger charge is -2.17. The number of nitrogens with one attached hydrogen (secondary N) is 1. The Balaban J connectivity index is 1.41. The average molecular weight is 453 g/mol. The first-order valence-electron chi connectivity index (χ1n) is 8.37. The number of nitrogens with zero attached hydrogens (tertiary/aromatic N) is 1. The standard InChI is InChI=1S/C18H17BrN2O5S/c19-13-1-4-15(5-2-13)27(23,24)20-9-12-7-18(22)21(10-12)14-3-6-16-17(8-14)26-11-25-16/h1-6,8,12,20H,7,9-11H2/t12-/m1/s1. The summed E-state index contributed by atoms with van der Waals surface area (Å²) in [5, 5.41) is 0. The summed E-state index contributed by atoms with van der Waals surface area (Å²) in [5.41, 5.74) is 0.725. The Bertz CT molecular complexity index is 978. The number of anilines is 1. The van der Waals surface area contributed by atoms with E-state index in [0.29, 0.717) is 18.0 Å². The van der Waals surface area contributed by atoms with Crippen LogP contribution in [0, 0.1) is 5.92 Å². The Kier molecular flexibility index (Phi) is 4.83. The highest BCUT2D eigenvalue weighted by atomic mass is 79.9. The fourth-order valence-electron chi connectivity index (χ4n) is 3.15. The molecule has 1 saturated heterocycles. The minimum atomic E-state index is -3.61. The van der Waals surface area contributed by atoms with Gasteiger partial charge in [0.05, 0.1) is 4.90 Å². The SMILES string of the molecule is O=C1C[C@H](CNS(=O)(=O)c2ccc(Br)cc2)CN1c1ccc2c(c1)OCO2. The summed E-state index contributed by atoms with van der Waals surface area (Å²) >= 11 is 3.28. The summed E-state index contributed by atoms with van der Waals surface area (Å²) in [6, 6.07) is 11.8. The van der Waals surface area contributed by atoms with E-state index in [1.165, 1.54) is 12.1 Å². The van der Waals surface area contributed by atoms with Gasteiger partial charge in [-0.3, -0.25) is 4.79 Å². The number of carbonyl (C=O) groups excluding carboxylic acids is 1. The molecule has 27 heavy (non-hydrogen) atoms. The zero-order valence-electron chi connectivity index (χ0n) is 14.2. The number of ether oxygens (including phenoxy) is 2. The van der Waals surface area contributed by atoms with Gasteiger partial charge in [0.1, 0.15) is 0 Å². The Labute approximate surface area is 165 Å². The number of fused-ring (bicyclic) bond motifs is 1. The zero-order chi connectivity index (χ0) is 19.0. The molecule has 1 N–H and O–H groups in total. The van der Waals surface area contributed by atoms with Crippen LogP contribution in [-0.2, 0) is 14.8 Å². The first kappa shape index (κ1) is 18.3. The Morgan fingerprint density at radius 2 is 1.85 bits per heavy atom. The Hall–Kier alpha value is -2.10. The van der Waals surface area contributed by atoms with E-state index in [1.54, 1.807) is 35.2 Å². The zero-order valence-corrected chi connectivity index (χ0v) is 16.6. The van der Waals surface area contributed by atoms with Crippen LogP contribution in [0.2, 0.25) is 0 Å². The van der Waals surface area contributed by atoms with Crippen molar-refractivity contribution in [3.05, 3.63) is 46.9 Å². The average Bonchev–Trinajstić information content (AvgIpc) is 3.26. The highest BCUT2D eigenvalue weighted by Crippen LogP contribution is 2.37. The topological polar surface area (TPSA) is 84.9 Å². The minimum Gasteiger partial charge on any atom is -0.454 e. The van der Waals surface area contributed by atoms with Crippen molar-refractivity contribution in [2.45, 2.75) is 11.3 Å². The molecule has 0 aliphatic carbocycles. The van der Waals surface area contributed by atoms with E-state index in [4.69, 9.17) is 9.47 Å². The van der Waals surface area contributed by atoms with Gasteiger partial charge in [0, 0.05) is 35.7 Å². The molecule has 0 unspecified atom stereocenters. The molecule has 9 heteroatoms. The van der Waals surface area contributed by atoms with E-state index in [0.717, 1.165) is 10.2 Å². The fraction of sp³-hybridized carbons (Fsp3) is 0.278. The van der Waals surface area contributed by atoms with Gasteiger partial charge in [0.15, 0.2) is 11.5 Å². The number of hydrogen-bond donors (Lipinski definition) is 1. The van der Waals surface area contributed by atoms with Crippen LogP contribution in [0.25, 0.3) is 0 Å². The summed E-state index contributed by atoms with van der Waals surface area (Å²) in [6.45, 7) is 0.819. The maximum atomic E-state index is 12.4. The smallest absolute Gasteiger partial charge is 0.240 e. The van der Waals surface area contributed by atoms with E-state index in [1.807, 2.05) is 0 Å².